The van der Waals surface area contributed by atoms with Crippen LogP contribution in [0.3, 0.4) is 0 Å². The maximum absolute atomic E-state index is 11.2. The fraction of sp³-hybridized carbons (Fsp3) is 0.286. The second kappa shape index (κ2) is 2.53. The summed E-state index contributed by atoms with van der Waals surface area (Å²) in [6, 6.07) is 0. The van der Waals surface area contributed by atoms with E-state index in [1.165, 1.54) is 15.9 Å². The molecule has 68 valence electrons. The lowest BCUT2D eigenvalue weighted by molar-refractivity contribution is 0.848. The summed E-state index contributed by atoms with van der Waals surface area (Å²) in [5, 5.41) is 0.779. The molecule has 0 aliphatic carbocycles. The number of hydrogen-bond acceptors (Lipinski definition) is 4. The molecule has 5 nitrogen and oxygen atoms in total. The molecule has 2 aromatic heterocycles. The van der Waals surface area contributed by atoms with Crippen molar-refractivity contribution < 1.29 is 0 Å². The number of H-pyrrole nitrogens is 1. The van der Waals surface area contributed by atoms with Gasteiger partial charge in [-0.25, -0.2) is 9.78 Å². The highest BCUT2D eigenvalue weighted by molar-refractivity contribution is 7.18. The van der Waals surface area contributed by atoms with E-state index in [-0.39, 0.29) is 0 Å². The second-order valence-corrected chi connectivity index (χ2v) is 3.89. The Morgan fingerprint density at radius 2 is 2.15 bits per heavy atom. The Kier molecular flexibility index (Phi) is 1.59. The van der Waals surface area contributed by atoms with Gasteiger partial charge in [-0.05, 0) is 6.92 Å². The zero-order valence-corrected chi connectivity index (χ0v) is 7.94. The van der Waals surface area contributed by atoms with Crippen LogP contribution in [0.4, 0.5) is 0 Å². The van der Waals surface area contributed by atoms with Crippen LogP contribution in [0.15, 0.2) is 9.59 Å². The van der Waals surface area contributed by atoms with Gasteiger partial charge in [0.25, 0.3) is 5.56 Å². The van der Waals surface area contributed by atoms with Gasteiger partial charge in [0.1, 0.15) is 4.83 Å². The molecular formula is C7H7N3O2S. The van der Waals surface area contributed by atoms with Crippen molar-refractivity contribution in [1.29, 1.82) is 0 Å². The zero-order valence-electron chi connectivity index (χ0n) is 7.12. The summed E-state index contributed by atoms with van der Waals surface area (Å²) in [5.41, 5.74) is -0.479. The molecule has 0 radical (unpaired) electrons. The van der Waals surface area contributed by atoms with Crippen LogP contribution in [-0.2, 0) is 7.05 Å². The third-order valence-corrected chi connectivity index (χ3v) is 2.81. The Morgan fingerprint density at radius 1 is 1.46 bits per heavy atom. The van der Waals surface area contributed by atoms with Crippen LogP contribution in [0.2, 0.25) is 0 Å². The summed E-state index contributed by atoms with van der Waals surface area (Å²) < 4.78 is 1.39. The minimum absolute atomic E-state index is 0.338. The van der Waals surface area contributed by atoms with E-state index in [1.54, 1.807) is 14.0 Å². The van der Waals surface area contributed by atoms with Gasteiger partial charge < -0.3 is 0 Å². The standard InChI is InChI=1S/C7H7N3O2S/c1-3-8-4-5(11)9-7(12)10(2)6(4)13-3/h1-2H3,(H,9,11,12). The third kappa shape index (κ3) is 1.10. The molecule has 0 aliphatic heterocycles. The lowest BCUT2D eigenvalue weighted by Gasteiger charge is -1.94. The van der Waals surface area contributed by atoms with E-state index in [0.29, 0.717) is 10.3 Å². The molecule has 0 unspecified atom stereocenters. The number of aromatic amines is 1. The van der Waals surface area contributed by atoms with Crippen molar-refractivity contribution in [3.05, 3.63) is 25.8 Å². The van der Waals surface area contributed by atoms with Crippen molar-refractivity contribution in [2.45, 2.75) is 6.92 Å². The maximum Gasteiger partial charge on any atom is 0.329 e. The summed E-state index contributed by atoms with van der Waals surface area (Å²) in [6.45, 7) is 1.80. The predicted octanol–water partition coefficient (Wildman–Crippen LogP) is -0.00828. The highest BCUT2D eigenvalue weighted by Gasteiger charge is 2.08. The van der Waals surface area contributed by atoms with Crippen LogP contribution in [0.25, 0.3) is 10.3 Å². The van der Waals surface area contributed by atoms with E-state index >= 15 is 0 Å². The summed E-state index contributed by atoms with van der Waals surface area (Å²) in [5.74, 6) is 0. The molecule has 2 aromatic rings. The average Bonchev–Trinajstić information content (AvgIpc) is 2.44. The summed E-state index contributed by atoms with van der Waals surface area (Å²) in [6.07, 6.45) is 0. The van der Waals surface area contributed by atoms with Crippen LogP contribution < -0.4 is 11.2 Å². The highest BCUT2D eigenvalue weighted by atomic mass is 32.1. The number of thiazole rings is 1. The second-order valence-electron chi connectivity index (χ2n) is 2.70. The van der Waals surface area contributed by atoms with Crippen LogP contribution in [-0.4, -0.2) is 14.5 Å². The van der Waals surface area contributed by atoms with E-state index in [4.69, 9.17) is 0 Å². The predicted molar refractivity (Wildman–Crippen MR) is 50.2 cm³/mol. The molecule has 2 rings (SSSR count). The number of aromatic nitrogens is 3. The van der Waals surface area contributed by atoms with Gasteiger partial charge in [0, 0.05) is 7.05 Å². The molecule has 0 saturated heterocycles. The van der Waals surface area contributed by atoms with Gasteiger partial charge in [-0.2, -0.15) is 0 Å². The van der Waals surface area contributed by atoms with Crippen LogP contribution in [0.1, 0.15) is 5.01 Å². The van der Waals surface area contributed by atoms with Gasteiger partial charge in [0.15, 0.2) is 5.52 Å². The Bertz CT molecular complexity index is 577. The molecule has 0 amide bonds. The van der Waals surface area contributed by atoms with Crippen LogP contribution in [0.5, 0.6) is 0 Å². The molecule has 0 spiro atoms. The SMILES string of the molecule is Cc1nc2c(=O)[nH]c(=O)n(C)c2s1. The minimum Gasteiger partial charge on any atom is -0.286 e. The molecule has 6 heteroatoms. The molecule has 2 heterocycles. The number of nitrogens with zero attached hydrogens (tertiary/aromatic N) is 2. The molecule has 1 N–H and O–H groups in total. The van der Waals surface area contributed by atoms with Crippen molar-refractivity contribution in [3.63, 3.8) is 0 Å². The quantitative estimate of drug-likeness (QED) is 0.646. The number of fused-ring (bicyclic) bond motifs is 1. The van der Waals surface area contributed by atoms with Crippen LogP contribution in [0, 0.1) is 6.92 Å². The zero-order chi connectivity index (χ0) is 9.59. The lowest BCUT2D eigenvalue weighted by atomic mass is 10.5. The Balaban J connectivity index is 3.13. The van der Waals surface area contributed by atoms with E-state index in [1.807, 2.05) is 0 Å². The maximum atomic E-state index is 11.2. The summed E-state index contributed by atoms with van der Waals surface area (Å²) >= 11 is 1.34. The molecule has 0 bridgehead atoms. The third-order valence-electron chi connectivity index (χ3n) is 1.76. The first kappa shape index (κ1) is 8.18. The first-order valence-electron chi connectivity index (χ1n) is 3.66. The molecule has 0 fully saturated rings. The Labute approximate surface area is 76.7 Å². The van der Waals surface area contributed by atoms with Gasteiger partial charge in [-0.15, -0.1) is 11.3 Å². The summed E-state index contributed by atoms with van der Waals surface area (Å²) in [4.78, 5) is 29.2. The number of rotatable bonds is 0. The Morgan fingerprint density at radius 3 is 2.85 bits per heavy atom. The lowest BCUT2D eigenvalue weighted by Crippen LogP contribution is -2.27. The summed E-state index contributed by atoms with van der Waals surface area (Å²) in [7, 11) is 1.61. The van der Waals surface area contributed by atoms with Crippen molar-refractivity contribution in [2.75, 3.05) is 0 Å². The molecule has 13 heavy (non-hydrogen) atoms. The minimum atomic E-state index is -0.414. The molecule has 0 atom stereocenters. The van der Waals surface area contributed by atoms with Crippen molar-refractivity contribution in [1.82, 2.24) is 14.5 Å². The fourth-order valence-electron chi connectivity index (χ4n) is 1.12. The van der Waals surface area contributed by atoms with E-state index in [0.717, 1.165) is 5.01 Å². The van der Waals surface area contributed by atoms with E-state index in [9.17, 15) is 9.59 Å². The topological polar surface area (TPSA) is 67.8 Å². The monoisotopic (exact) mass is 197 g/mol. The molecular weight excluding hydrogens is 190 g/mol. The largest absolute Gasteiger partial charge is 0.329 e. The van der Waals surface area contributed by atoms with Crippen LogP contribution >= 0.6 is 11.3 Å². The Hall–Kier alpha value is -1.43. The molecule has 0 saturated carbocycles. The first-order chi connectivity index (χ1) is 6.09. The van der Waals surface area contributed by atoms with E-state index < -0.39 is 11.2 Å². The number of hydrogen-bond donors (Lipinski definition) is 1. The highest BCUT2D eigenvalue weighted by Crippen LogP contribution is 2.15. The molecule has 0 aromatic carbocycles. The van der Waals surface area contributed by atoms with Gasteiger partial charge in [-0.1, -0.05) is 0 Å². The van der Waals surface area contributed by atoms with Gasteiger partial charge in [0.2, 0.25) is 0 Å². The van der Waals surface area contributed by atoms with Gasteiger partial charge in [-0.3, -0.25) is 14.3 Å². The number of aryl methyl sites for hydroxylation is 2. The number of nitrogens with one attached hydrogen (secondary N) is 1. The fourth-order valence-corrected chi connectivity index (χ4v) is 2.00. The normalized spacial score (nSPS) is 10.9. The average molecular weight is 197 g/mol. The van der Waals surface area contributed by atoms with Gasteiger partial charge >= 0.3 is 5.69 Å². The first-order valence-corrected chi connectivity index (χ1v) is 4.47. The smallest absolute Gasteiger partial charge is 0.286 e. The molecule has 0 aliphatic rings. The van der Waals surface area contributed by atoms with E-state index in [2.05, 4.69) is 9.97 Å². The van der Waals surface area contributed by atoms with Gasteiger partial charge in [0.05, 0.1) is 5.01 Å². The van der Waals surface area contributed by atoms with Crippen molar-refractivity contribution in [3.8, 4) is 0 Å². The van der Waals surface area contributed by atoms with Crippen molar-refractivity contribution >= 4 is 21.7 Å². The van der Waals surface area contributed by atoms with Crippen molar-refractivity contribution in [2.24, 2.45) is 7.05 Å².